The number of carbonyl (C=O) groups is 3. The zero-order valence-corrected chi connectivity index (χ0v) is 14.3. The third kappa shape index (κ3) is 4.21. The predicted molar refractivity (Wildman–Crippen MR) is 92.8 cm³/mol. The highest BCUT2D eigenvalue weighted by Gasteiger charge is 2.23. The lowest BCUT2D eigenvalue weighted by Gasteiger charge is -2.08. The summed E-state index contributed by atoms with van der Waals surface area (Å²) in [5.41, 5.74) is 5.43. The van der Waals surface area contributed by atoms with Crippen molar-refractivity contribution in [2.45, 2.75) is 13.5 Å². The van der Waals surface area contributed by atoms with E-state index in [4.69, 9.17) is 8.94 Å². The molecule has 3 rings (SSSR count). The van der Waals surface area contributed by atoms with Crippen molar-refractivity contribution < 1.29 is 23.3 Å². The van der Waals surface area contributed by atoms with Gasteiger partial charge >= 0.3 is 11.8 Å². The molecule has 9 heteroatoms. The van der Waals surface area contributed by atoms with Crippen molar-refractivity contribution in [1.82, 2.24) is 21.3 Å². The maximum Gasteiger partial charge on any atom is 0.327 e. The van der Waals surface area contributed by atoms with Crippen LogP contribution in [0.3, 0.4) is 0 Å². The predicted octanol–water partition coefficient (Wildman–Crippen LogP) is 1.32. The van der Waals surface area contributed by atoms with Crippen LogP contribution in [0.25, 0.3) is 11.3 Å². The summed E-state index contributed by atoms with van der Waals surface area (Å²) in [4.78, 5) is 36.0. The molecule has 2 heterocycles. The molecule has 0 aliphatic heterocycles. The van der Waals surface area contributed by atoms with Gasteiger partial charge in [-0.1, -0.05) is 35.5 Å². The number of aromatic nitrogens is 1. The van der Waals surface area contributed by atoms with Crippen molar-refractivity contribution in [3.63, 3.8) is 0 Å². The smallest absolute Gasteiger partial charge is 0.327 e. The van der Waals surface area contributed by atoms with E-state index in [1.807, 2.05) is 6.07 Å². The highest BCUT2D eigenvalue weighted by atomic mass is 16.5. The lowest BCUT2D eigenvalue weighted by molar-refractivity contribution is -0.139. The number of hydrazine groups is 1. The van der Waals surface area contributed by atoms with Crippen LogP contribution in [-0.2, 0) is 16.1 Å². The zero-order chi connectivity index (χ0) is 19.2. The molecule has 0 saturated carbocycles. The third-order valence-electron chi connectivity index (χ3n) is 3.64. The highest BCUT2D eigenvalue weighted by Crippen LogP contribution is 2.24. The van der Waals surface area contributed by atoms with Crippen molar-refractivity contribution in [2.75, 3.05) is 0 Å². The van der Waals surface area contributed by atoms with Crippen LogP contribution in [-0.4, -0.2) is 22.9 Å². The van der Waals surface area contributed by atoms with E-state index >= 15 is 0 Å². The molecule has 0 aliphatic carbocycles. The number of rotatable bonds is 4. The Morgan fingerprint density at radius 1 is 1.00 bits per heavy atom. The molecule has 0 unspecified atom stereocenters. The quantitative estimate of drug-likeness (QED) is 0.471. The Labute approximate surface area is 153 Å². The van der Waals surface area contributed by atoms with Crippen LogP contribution in [0.2, 0.25) is 0 Å². The molecule has 3 aromatic rings. The molecule has 0 spiro atoms. The van der Waals surface area contributed by atoms with Gasteiger partial charge in [0.1, 0.15) is 22.8 Å². The van der Waals surface area contributed by atoms with E-state index in [0.717, 1.165) is 0 Å². The van der Waals surface area contributed by atoms with Gasteiger partial charge in [-0.3, -0.25) is 25.2 Å². The number of amides is 3. The zero-order valence-electron chi connectivity index (χ0n) is 14.3. The molecular formula is C18H16N4O5. The minimum Gasteiger partial charge on any atom is -0.467 e. The van der Waals surface area contributed by atoms with E-state index in [-0.39, 0.29) is 17.9 Å². The maximum absolute atomic E-state index is 12.4. The normalized spacial score (nSPS) is 10.3. The summed E-state index contributed by atoms with van der Waals surface area (Å²) in [7, 11) is 0. The molecule has 27 heavy (non-hydrogen) atoms. The fourth-order valence-corrected chi connectivity index (χ4v) is 2.33. The van der Waals surface area contributed by atoms with E-state index < -0.39 is 17.7 Å². The summed E-state index contributed by atoms with van der Waals surface area (Å²) in [6, 6.07) is 12.3. The minimum atomic E-state index is -1.02. The van der Waals surface area contributed by atoms with Gasteiger partial charge in [0.25, 0.3) is 5.91 Å². The third-order valence-corrected chi connectivity index (χ3v) is 3.64. The molecule has 0 fully saturated rings. The van der Waals surface area contributed by atoms with Crippen LogP contribution in [0, 0.1) is 6.92 Å². The first-order valence-electron chi connectivity index (χ1n) is 7.99. The summed E-state index contributed by atoms with van der Waals surface area (Å²) in [6.07, 6.45) is 1.45. The second-order valence-corrected chi connectivity index (χ2v) is 5.50. The van der Waals surface area contributed by atoms with Crippen molar-refractivity contribution in [3.05, 3.63) is 65.8 Å². The topological polar surface area (TPSA) is 126 Å². The van der Waals surface area contributed by atoms with E-state index in [0.29, 0.717) is 17.0 Å². The lowest BCUT2D eigenvalue weighted by Crippen LogP contribution is -2.48. The first kappa shape index (κ1) is 17.9. The van der Waals surface area contributed by atoms with Crippen LogP contribution in [0.4, 0.5) is 0 Å². The van der Waals surface area contributed by atoms with Crippen LogP contribution in [0.5, 0.6) is 0 Å². The fourth-order valence-electron chi connectivity index (χ4n) is 2.33. The minimum absolute atomic E-state index is 0.0517. The van der Waals surface area contributed by atoms with Gasteiger partial charge in [0, 0.05) is 5.56 Å². The van der Waals surface area contributed by atoms with Gasteiger partial charge in [-0.2, -0.15) is 0 Å². The molecule has 0 aliphatic rings. The number of hydrogen-bond acceptors (Lipinski definition) is 6. The average molecular weight is 368 g/mol. The highest BCUT2D eigenvalue weighted by molar-refractivity contribution is 6.35. The van der Waals surface area contributed by atoms with Crippen LogP contribution in [0.15, 0.2) is 57.7 Å². The summed E-state index contributed by atoms with van der Waals surface area (Å²) < 4.78 is 10.1. The Bertz CT molecular complexity index is 948. The molecule has 0 radical (unpaired) electrons. The van der Waals surface area contributed by atoms with Gasteiger partial charge in [-0.05, 0) is 19.1 Å². The van der Waals surface area contributed by atoms with Gasteiger partial charge in [0.2, 0.25) is 0 Å². The molecular weight excluding hydrogens is 352 g/mol. The number of nitrogens with zero attached hydrogens (tertiary/aromatic N) is 1. The number of hydrogen-bond donors (Lipinski definition) is 3. The Balaban J connectivity index is 1.60. The summed E-state index contributed by atoms with van der Waals surface area (Å²) in [6.45, 7) is 1.63. The van der Waals surface area contributed by atoms with Crippen molar-refractivity contribution in [2.24, 2.45) is 0 Å². The van der Waals surface area contributed by atoms with E-state index in [1.165, 1.54) is 6.26 Å². The van der Waals surface area contributed by atoms with Crippen LogP contribution >= 0.6 is 0 Å². The first-order chi connectivity index (χ1) is 13.1. The molecule has 138 valence electrons. The van der Waals surface area contributed by atoms with Gasteiger partial charge in [0.05, 0.1) is 12.8 Å². The van der Waals surface area contributed by atoms with E-state index in [1.54, 1.807) is 43.3 Å². The molecule has 0 atom stereocenters. The number of aryl methyl sites for hydroxylation is 1. The second kappa shape index (κ2) is 8.00. The van der Waals surface area contributed by atoms with Crippen molar-refractivity contribution >= 4 is 17.7 Å². The number of carbonyl (C=O) groups excluding carboxylic acids is 3. The molecule has 1 aromatic carbocycles. The number of nitrogens with one attached hydrogen (secondary N) is 3. The SMILES string of the molecule is Cc1onc(-c2ccccc2)c1C(=O)NNC(=O)C(=O)NCc1ccco1. The largest absolute Gasteiger partial charge is 0.467 e. The van der Waals surface area contributed by atoms with Crippen LogP contribution < -0.4 is 16.2 Å². The second-order valence-electron chi connectivity index (χ2n) is 5.50. The maximum atomic E-state index is 12.4. The molecule has 9 nitrogen and oxygen atoms in total. The molecule has 3 amide bonds. The van der Waals surface area contributed by atoms with Gasteiger partial charge in [-0.15, -0.1) is 0 Å². The average Bonchev–Trinajstić information content (AvgIpc) is 3.34. The number of benzene rings is 1. The lowest BCUT2D eigenvalue weighted by atomic mass is 10.1. The summed E-state index contributed by atoms with van der Waals surface area (Å²) in [5, 5.41) is 6.25. The van der Waals surface area contributed by atoms with E-state index in [9.17, 15) is 14.4 Å². The first-order valence-corrected chi connectivity index (χ1v) is 7.99. The summed E-state index contributed by atoms with van der Waals surface area (Å²) >= 11 is 0. The molecule has 3 N–H and O–H groups in total. The standard InChI is InChI=1S/C18H16N4O5/c1-11-14(15(22-27-11)12-6-3-2-4-7-12)16(23)20-21-18(25)17(24)19-10-13-8-5-9-26-13/h2-9H,10H2,1H3,(H,19,24)(H,20,23)(H,21,25). The Morgan fingerprint density at radius 3 is 2.48 bits per heavy atom. The monoisotopic (exact) mass is 368 g/mol. The van der Waals surface area contributed by atoms with E-state index in [2.05, 4.69) is 21.3 Å². The molecule has 0 saturated heterocycles. The van der Waals surface area contributed by atoms with Gasteiger partial charge < -0.3 is 14.3 Å². The van der Waals surface area contributed by atoms with Crippen molar-refractivity contribution in [1.29, 1.82) is 0 Å². The van der Waals surface area contributed by atoms with Gasteiger partial charge in [0.15, 0.2) is 0 Å². The number of furan rings is 1. The van der Waals surface area contributed by atoms with Crippen LogP contribution in [0.1, 0.15) is 21.9 Å². The van der Waals surface area contributed by atoms with Crippen molar-refractivity contribution in [3.8, 4) is 11.3 Å². The molecule has 2 aromatic heterocycles. The summed E-state index contributed by atoms with van der Waals surface area (Å²) in [5.74, 6) is -1.82. The fraction of sp³-hybridized carbons (Fsp3) is 0.111. The molecule has 0 bridgehead atoms. The Kier molecular flexibility index (Phi) is 5.31. The Hall–Kier alpha value is -3.88. The Morgan fingerprint density at radius 2 is 1.78 bits per heavy atom. The van der Waals surface area contributed by atoms with Gasteiger partial charge in [-0.25, -0.2) is 0 Å².